The molecule has 10 nitrogen and oxygen atoms in total. The van der Waals surface area contributed by atoms with Crippen molar-refractivity contribution < 1.29 is 19.8 Å². The number of aryl methyl sites for hydroxylation is 2. The Hall–Kier alpha value is -2.91. The second kappa shape index (κ2) is 7.38. The van der Waals surface area contributed by atoms with E-state index in [4.69, 9.17) is 10.2 Å². The number of imidazole rings is 1. The van der Waals surface area contributed by atoms with E-state index in [1.165, 1.54) is 17.9 Å². The van der Waals surface area contributed by atoms with Gasteiger partial charge in [0.25, 0.3) is 5.56 Å². The number of aromatic nitrogens is 4. The van der Waals surface area contributed by atoms with Crippen LogP contribution in [0.15, 0.2) is 15.9 Å². The molecule has 0 aliphatic rings. The standard InChI is InChI=1S/C8H10N4O2.C5H8O4/c1-10-4-9-6-5(10)7(13)12(3)8(14)11(6)2;6-4(7)2-1-3-5(8)9/h4H,1-3H3;1-3H2,(H,6,7)(H,8,9). The minimum Gasteiger partial charge on any atom is -0.481 e. The summed E-state index contributed by atoms with van der Waals surface area (Å²) >= 11 is 0. The Labute approximate surface area is 130 Å². The van der Waals surface area contributed by atoms with Crippen LogP contribution >= 0.6 is 0 Å². The lowest BCUT2D eigenvalue weighted by Crippen LogP contribution is -2.37. The lowest BCUT2D eigenvalue weighted by Gasteiger charge is -2.02. The van der Waals surface area contributed by atoms with Gasteiger partial charge < -0.3 is 14.8 Å². The summed E-state index contributed by atoms with van der Waals surface area (Å²) in [6.45, 7) is 0. The Balaban J connectivity index is 0.000000257. The predicted octanol–water partition coefficient (Wildman–Crippen LogP) is -0.703. The summed E-state index contributed by atoms with van der Waals surface area (Å²) in [5.41, 5.74) is 0.180. The first kappa shape index (κ1) is 18.1. The summed E-state index contributed by atoms with van der Waals surface area (Å²) in [6, 6.07) is 0. The highest BCUT2D eigenvalue weighted by Gasteiger charge is 2.11. The number of carboxylic acid groups (broad SMARTS) is 2. The van der Waals surface area contributed by atoms with E-state index >= 15 is 0 Å². The number of rotatable bonds is 4. The maximum atomic E-state index is 11.7. The van der Waals surface area contributed by atoms with E-state index < -0.39 is 11.9 Å². The summed E-state index contributed by atoms with van der Waals surface area (Å²) < 4.78 is 4.04. The highest BCUT2D eigenvalue weighted by Crippen LogP contribution is 2.01. The zero-order chi connectivity index (χ0) is 17.7. The predicted molar refractivity (Wildman–Crippen MR) is 80.3 cm³/mol. The molecule has 2 N–H and O–H groups in total. The summed E-state index contributed by atoms with van der Waals surface area (Å²) in [5, 5.41) is 16.1. The minimum atomic E-state index is -0.948. The molecule has 0 amide bonds. The van der Waals surface area contributed by atoms with E-state index in [0.29, 0.717) is 11.2 Å². The van der Waals surface area contributed by atoms with E-state index in [1.807, 2.05) is 0 Å². The third-order valence-electron chi connectivity index (χ3n) is 3.10. The third kappa shape index (κ3) is 4.28. The van der Waals surface area contributed by atoms with Gasteiger partial charge in [0.15, 0.2) is 11.2 Å². The number of carbonyl (C=O) groups is 2. The van der Waals surface area contributed by atoms with E-state index in [1.54, 1.807) is 18.7 Å². The Kier molecular flexibility index (Phi) is 5.82. The Bertz CT molecular complexity index is 830. The molecular formula is C13H18N4O6. The Morgan fingerprint density at radius 1 is 1.04 bits per heavy atom. The van der Waals surface area contributed by atoms with Gasteiger partial charge in [-0.25, -0.2) is 9.78 Å². The van der Waals surface area contributed by atoms with E-state index in [2.05, 4.69) is 4.98 Å². The largest absolute Gasteiger partial charge is 0.481 e. The van der Waals surface area contributed by atoms with Gasteiger partial charge in [0.2, 0.25) is 0 Å². The molecule has 0 atom stereocenters. The molecule has 2 aromatic rings. The lowest BCUT2D eigenvalue weighted by molar-refractivity contribution is -0.138. The van der Waals surface area contributed by atoms with Crippen molar-refractivity contribution in [1.29, 1.82) is 0 Å². The fraction of sp³-hybridized carbons (Fsp3) is 0.462. The minimum absolute atomic E-state index is 0.0632. The van der Waals surface area contributed by atoms with Crippen LogP contribution in [-0.2, 0) is 30.7 Å². The molecule has 0 radical (unpaired) electrons. The third-order valence-corrected chi connectivity index (χ3v) is 3.10. The zero-order valence-electron chi connectivity index (χ0n) is 13.0. The van der Waals surface area contributed by atoms with Crippen molar-refractivity contribution in [3.63, 3.8) is 0 Å². The molecule has 0 aliphatic carbocycles. The summed E-state index contributed by atoms with van der Waals surface area (Å²) in [4.78, 5) is 46.7. The summed E-state index contributed by atoms with van der Waals surface area (Å²) in [5.74, 6) is -1.90. The molecule has 0 aliphatic heterocycles. The number of nitrogens with zero attached hydrogens (tertiary/aromatic N) is 4. The molecule has 0 saturated heterocycles. The Morgan fingerprint density at radius 2 is 1.57 bits per heavy atom. The van der Waals surface area contributed by atoms with Crippen molar-refractivity contribution in [2.45, 2.75) is 19.3 Å². The molecule has 2 rings (SSSR count). The fourth-order valence-corrected chi connectivity index (χ4v) is 1.86. The van der Waals surface area contributed by atoms with Crippen LogP contribution in [0.5, 0.6) is 0 Å². The second-order valence-corrected chi connectivity index (χ2v) is 4.87. The molecular weight excluding hydrogens is 308 g/mol. The van der Waals surface area contributed by atoms with Crippen LogP contribution in [0.1, 0.15) is 19.3 Å². The number of hydrogen-bond donors (Lipinski definition) is 2. The van der Waals surface area contributed by atoms with Crippen LogP contribution in [0.3, 0.4) is 0 Å². The molecule has 0 spiro atoms. The quantitative estimate of drug-likeness (QED) is 0.757. The first-order chi connectivity index (χ1) is 10.7. The van der Waals surface area contributed by atoms with Crippen molar-refractivity contribution in [2.24, 2.45) is 21.1 Å². The number of carboxylic acids is 2. The van der Waals surface area contributed by atoms with E-state index in [9.17, 15) is 19.2 Å². The molecule has 10 heteroatoms. The highest BCUT2D eigenvalue weighted by atomic mass is 16.4. The topological polar surface area (TPSA) is 136 Å². The van der Waals surface area contributed by atoms with Crippen LogP contribution in [0.4, 0.5) is 0 Å². The zero-order valence-corrected chi connectivity index (χ0v) is 13.0. The second-order valence-electron chi connectivity index (χ2n) is 4.87. The SMILES string of the molecule is Cn1c(=O)c2c(ncn2C)n(C)c1=O.O=C(O)CCCC(=O)O. The fourth-order valence-electron chi connectivity index (χ4n) is 1.86. The number of hydrogen-bond acceptors (Lipinski definition) is 5. The summed E-state index contributed by atoms with van der Waals surface area (Å²) in [6.07, 6.45) is 1.61. The van der Waals surface area contributed by atoms with Crippen molar-refractivity contribution in [2.75, 3.05) is 0 Å². The van der Waals surface area contributed by atoms with Gasteiger partial charge in [-0.05, 0) is 6.42 Å². The van der Waals surface area contributed by atoms with Gasteiger partial charge in [-0.3, -0.25) is 23.5 Å². The molecule has 0 unspecified atom stereocenters. The summed E-state index contributed by atoms with van der Waals surface area (Å²) in [7, 11) is 4.77. The molecule has 0 aromatic carbocycles. The first-order valence-electron chi connectivity index (χ1n) is 6.67. The molecule has 0 bridgehead atoms. The maximum Gasteiger partial charge on any atom is 0.332 e. The van der Waals surface area contributed by atoms with E-state index in [-0.39, 0.29) is 30.5 Å². The first-order valence-corrected chi connectivity index (χ1v) is 6.67. The van der Waals surface area contributed by atoms with Crippen molar-refractivity contribution >= 4 is 23.1 Å². The molecule has 2 heterocycles. The molecule has 0 fully saturated rings. The van der Waals surface area contributed by atoms with E-state index in [0.717, 1.165) is 4.57 Å². The van der Waals surface area contributed by atoms with Gasteiger partial charge >= 0.3 is 17.6 Å². The van der Waals surface area contributed by atoms with Crippen molar-refractivity contribution in [1.82, 2.24) is 18.7 Å². The van der Waals surface area contributed by atoms with Gasteiger partial charge in [-0.1, -0.05) is 0 Å². The monoisotopic (exact) mass is 326 g/mol. The van der Waals surface area contributed by atoms with Crippen LogP contribution < -0.4 is 11.2 Å². The van der Waals surface area contributed by atoms with Gasteiger partial charge in [0, 0.05) is 34.0 Å². The van der Waals surface area contributed by atoms with Crippen molar-refractivity contribution in [3.05, 3.63) is 27.2 Å². The highest BCUT2D eigenvalue weighted by molar-refractivity contribution is 5.70. The molecule has 23 heavy (non-hydrogen) atoms. The number of aliphatic carboxylic acids is 2. The van der Waals surface area contributed by atoms with Crippen LogP contribution in [0, 0.1) is 0 Å². The average molecular weight is 326 g/mol. The van der Waals surface area contributed by atoms with Crippen LogP contribution in [0.25, 0.3) is 11.2 Å². The Morgan fingerprint density at radius 3 is 2.04 bits per heavy atom. The normalized spacial score (nSPS) is 10.2. The van der Waals surface area contributed by atoms with Crippen LogP contribution in [0.2, 0.25) is 0 Å². The molecule has 0 saturated carbocycles. The number of fused-ring (bicyclic) bond motifs is 1. The van der Waals surface area contributed by atoms with Gasteiger partial charge in [0.05, 0.1) is 6.33 Å². The van der Waals surface area contributed by atoms with Crippen LogP contribution in [-0.4, -0.2) is 40.8 Å². The van der Waals surface area contributed by atoms with Gasteiger partial charge in [-0.2, -0.15) is 0 Å². The lowest BCUT2D eigenvalue weighted by atomic mass is 10.2. The van der Waals surface area contributed by atoms with Gasteiger partial charge in [0.1, 0.15) is 0 Å². The maximum absolute atomic E-state index is 11.7. The average Bonchev–Trinajstić information content (AvgIpc) is 2.85. The molecule has 126 valence electrons. The van der Waals surface area contributed by atoms with Gasteiger partial charge in [-0.15, -0.1) is 0 Å². The molecule has 2 aromatic heterocycles. The van der Waals surface area contributed by atoms with Crippen molar-refractivity contribution in [3.8, 4) is 0 Å². The smallest absolute Gasteiger partial charge is 0.332 e.